The molecule has 1 N–H and O–H groups in total. The molecule has 164 valence electrons. The standard InChI is InChI=1S/C23H21FN4O4/c1-3-5-18-12-17(14-26-27-23-20(28(29)30)6-4-11-25-23)13-21(31-2)22(18)32-15-16-7-9-19(24)10-8-16/h3-4,6-14H,1,5,15H2,2H3,(H,25,27)/b26-14-. The minimum atomic E-state index is -0.538. The smallest absolute Gasteiger partial charge is 0.313 e. The van der Waals surface area contributed by atoms with E-state index in [2.05, 4.69) is 22.1 Å². The average Bonchev–Trinajstić information content (AvgIpc) is 2.79. The minimum Gasteiger partial charge on any atom is -0.493 e. The van der Waals surface area contributed by atoms with Crippen LogP contribution in [0.1, 0.15) is 16.7 Å². The summed E-state index contributed by atoms with van der Waals surface area (Å²) in [7, 11) is 1.52. The van der Waals surface area contributed by atoms with Crippen molar-refractivity contribution in [3.8, 4) is 11.5 Å². The SMILES string of the molecule is C=CCc1cc(/C=N\Nc2ncccc2[N+](=O)[O-])cc(OC)c1OCc1ccc(F)cc1. The number of halogens is 1. The Labute approximate surface area is 184 Å². The summed E-state index contributed by atoms with van der Waals surface area (Å²) in [5.41, 5.74) is 4.71. The van der Waals surface area contributed by atoms with Gasteiger partial charge in [-0.3, -0.25) is 15.5 Å². The Kier molecular flexibility index (Phi) is 7.47. The van der Waals surface area contributed by atoms with Gasteiger partial charge in [-0.15, -0.1) is 6.58 Å². The van der Waals surface area contributed by atoms with Crippen molar-refractivity contribution in [3.63, 3.8) is 0 Å². The van der Waals surface area contributed by atoms with Crippen molar-refractivity contribution in [2.45, 2.75) is 13.0 Å². The number of nitrogens with zero attached hydrogens (tertiary/aromatic N) is 3. The average molecular weight is 436 g/mol. The van der Waals surface area contributed by atoms with E-state index in [0.717, 1.165) is 11.1 Å². The number of anilines is 1. The Balaban J connectivity index is 1.82. The predicted octanol–water partition coefficient (Wildman–Crippen LogP) is 4.89. The van der Waals surface area contributed by atoms with Crippen LogP contribution in [0.4, 0.5) is 15.9 Å². The highest BCUT2D eigenvalue weighted by atomic mass is 19.1. The molecule has 9 heteroatoms. The number of nitro groups is 1. The Bertz CT molecular complexity index is 1130. The van der Waals surface area contributed by atoms with E-state index in [1.54, 1.807) is 24.3 Å². The van der Waals surface area contributed by atoms with E-state index in [0.29, 0.717) is 23.5 Å². The lowest BCUT2D eigenvalue weighted by Crippen LogP contribution is -2.03. The van der Waals surface area contributed by atoms with Gasteiger partial charge in [0.25, 0.3) is 0 Å². The van der Waals surface area contributed by atoms with E-state index >= 15 is 0 Å². The van der Waals surface area contributed by atoms with E-state index in [9.17, 15) is 14.5 Å². The predicted molar refractivity (Wildman–Crippen MR) is 120 cm³/mol. The number of rotatable bonds is 10. The van der Waals surface area contributed by atoms with Crippen molar-refractivity contribution in [3.05, 3.63) is 100 Å². The molecule has 2 aromatic carbocycles. The van der Waals surface area contributed by atoms with Crippen LogP contribution in [-0.4, -0.2) is 23.2 Å². The van der Waals surface area contributed by atoms with E-state index in [1.165, 1.54) is 43.8 Å². The molecule has 0 radical (unpaired) electrons. The monoisotopic (exact) mass is 436 g/mol. The van der Waals surface area contributed by atoms with Crippen LogP contribution < -0.4 is 14.9 Å². The molecule has 0 aliphatic carbocycles. The maximum absolute atomic E-state index is 13.1. The number of aromatic nitrogens is 1. The Morgan fingerprint density at radius 2 is 2.06 bits per heavy atom. The van der Waals surface area contributed by atoms with Crippen molar-refractivity contribution >= 4 is 17.7 Å². The fraction of sp³-hybridized carbons (Fsp3) is 0.130. The molecule has 8 nitrogen and oxygen atoms in total. The topological polar surface area (TPSA) is 98.9 Å². The van der Waals surface area contributed by atoms with Gasteiger partial charge < -0.3 is 9.47 Å². The maximum Gasteiger partial charge on any atom is 0.313 e. The molecule has 1 heterocycles. The molecule has 3 aromatic rings. The van der Waals surface area contributed by atoms with Gasteiger partial charge in [0, 0.05) is 17.8 Å². The van der Waals surface area contributed by atoms with Crippen LogP contribution in [0.5, 0.6) is 11.5 Å². The number of pyridine rings is 1. The third-order valence-electron chi connectivity index (χ3n) is 4.40. The summed E-state index contributed by atoms with van der Waals surface area (Å²) in [6.45, 7) is 4.02. The molecule has 0 aliphatic rings. The van der Waals surface area contributed by atoms with Gasteiger partial charge in [0.2, 0.25) is 5.82 Å². The van der Waals surface area contributed by atoms with Gasteiger partial charge in [-0.2, -0.15) is 5.10 Å². The highest BCUT2D eigenvalue weighted by Crippen LogP contribution is 2.34. The summed E-state index contributed by atoms with van der Waals surface area (Å²) in [5, 5.41) is 15.2. The third kappa shape index (κ3) is 5.66. The van der Waals surface area contributed by atoms with Gasteiger partial charge >= 0.3 is 5.69 Å². The van der Waals surface area contributed by atoms with Gasteiger partial charge in [-0.25, -0.2) is 9.37 Å². The first kappa shape index (κ1) is 22.4. The van der Waals surface area contributed by atoms with Gasteiger partial charge in [-0.05, 0) is 47.9 Å². The van der Waals surface area contributed by atoms with Crippen LogP contribution in [0.25, 0.3) is 0 Å². The zero-order valence-corrected chi connectivity index (χ0v) is 17.3. The minimum absolute atomic E-state index is 0.0336. The van der Waals surface area contributed by atoms with Crippen LogP contribution >= 0.6 is 0 Å². The first-order valence-electron chi connectivity index (χ1n) is 9.59. The summed E-state index contributed by atoms with van der Waals surface area (Å²) in [6.07, 6.45) is 5.17. The summed E-state index contributed by atoms with van der Waals surface area (Å²) >= 11 is 0. The second-order valence-corrected chi connectivity index (χ2v) is 6.62. The van der Waals surface area contributed by atoms with Crippen LogP contribution in [0, 0.1) is 15.9 Å². The second-order valence-electron chi connectivity index (χ2n) is 6.62. The van der Waals surface area contributed by atoms with E-state index < -0.39 is 4.92 Å². The maximum atomic E-state index is 13.1. The van der Waals surface area contributed by atoms with Gasteiger partial charge in [-0.1, -0.05) is 18.2 Å². The molecule has 0 saturated heterocycles. The summed E-state index contributed by atoms with van der Waals surface area (Å²) in [5.74, 6) is 0.747. The van der Waals surface area contributed by atoms with E-state index in [4.69, 9.17) is 9.47 Å². The molecular weight excluding hydrogens is 415 g/mol. The number of methoxy groups -OCH3 is 1. The molecule has 3 rings (SSSR count). The van der Waals surface area contributed by atoms with Crippen molar-refractivity contribution in [2.75, 3.05) is 12.5 Å². The fourth-order valence-corrected chi connectivity index (χ4v) is 2.92. The number of hydrazone groups is 1. The molecule has 0 bridgehead atoms. The molecule has 0 fully saturated rings. The largest absolute Gasteiger partial charge is 0.493 e. The quantitative estimate of drug-likeness (QED) is 0.210. The van der Waals surface area contributed by atoms with Crippen LogP contribution in [0.3, 0.4) is 0 Å². The summed E-state index contributed by atoms with van der Waals surface area (Å²) in [6, 6.07) is 12.4. The van der Waals surface area contributed by atoms with Crippen molar-refractivity contribution in [1.82, 2.24) is 4.98 Å². The third-order valence-corrected chi connectivity index (χ3v) is 4.40. The molecule has 1 aromatic heterocycles. The molecule has 0 saturated carbocycles. The van der Waals surface area contributed by atoms with Crippen LogP contribution in [-0.2, 0) is 13.0 Å². The molecule has 0 unspecified atom stereocenters. The zero-order chi connectivity index (χ0) is 22.9. The Morgan fingerprint density at radius 3 is 2.75 bits per heavy atom. The van der Waals surface area contributed by atoms with Gasteiger partial charge in [0.1, 0.15) is 12.4 Å². The molecule has 0 amide bonds. The number of hydrogen-bond acceptors (Lipinski definition) is 7. The molecule has 0 atom stereocenters. The van der Waals surface area contributed by atoms with Crippen LogP contribution in [0.15, 0.2) is 72.5 Å². The first-order chi connectivity index (χ1) is 15.5. The van der Waals surface area contributed by atoms with Crippen molar-refractivity contribution in [2.24, 2.45) is 5.10 Å². The fourth-order valence-electron chi connectivity index (χ4n) is 2.92. The normalized spacial score (nSPS) is 10.7. The summed E-state index contributed by atoms with van der Waals surface area (Å²) < 4.78 is 24.6. The van der Waals surface area contributed by atoms with E-state index in [1.807, 2.05) is 6.07 Å². The highest BCUT2D eigenvalue weighted by Gasteiger charge is 2.14. The van der Waals surface area contributed by atoms with Crippen molar-refractivity contribution < 1.29 is 18.8 Å². The molecular formula is C23H21FN4O4. The molecule has 0 aliphatic heterocycles. The molecule has 0 spiro atoms. The lowest BCUT2D eigenvalue weighted by Gasteiger charge is -2.16. The van der Waals surface area contributed by atoms with E-state index in [-0.39, 0.29) is 23.9 Å². The van der Waals surface area contributed by atoms with Gasteiger partial charge in [0.05, 0.1) is 18.2 Å². The number of ether oxygens (including phenoxy) is 2. The Hall–Kier alpha value is -4.27. The highest BCUT2D eigenvalue weighted by molar-refractivity contribution is 5.82. The second kappa shape index (κ2) is 10.7. The van der Waals surface area contributed by atoms with Crippen LogP contribution in [0.2, 0.25) is 0 Å². The number of allylic oxidation sites excluding steroid dienone is 1. The lowest BCUT2D eigenvalue weighted by molar-refractivity contribution is -0.384. The first-order valence-corrected chi connectivity index (χ1v) is 9.59. The number of benzene rings is 2. The van der Waals surface area contributed by atoms with Gasteiger partial charge in [0.15, 0.2) is 11.5 Å². The van der Waals surface area contributed by atoms with Crippen molar-refractivity contribution in [1.29, 1.82) is 0 Å². The molecule has 32 heavy (non-hydrogen) atoms. The summed E-state index contributed by atoms with van der Waals surface area (Å²) in [4.78, 5) is 14.5. The lowest BCUT2D eigenvalue weighted by atomic mass is 10.1. The number of hydrogen-bond donors (Lipinski definition) is 1. The zero-order valence-electron chi connectivity index (χ0n) is 17.3. The number of nitrogens with one attached hydrogen (secondary N) is 1. The Morgan fingerprint density at radius 1 is 1.28 bits per heavy atom.